The van der Waals surface area contributed by atoms with Gasteiger partial charge in [-0.1, -0.05) is 41.9 Å². The van der Waals surface area contributed by atoms with Crippen LogP contribution in [-0.2, 0) is 10.2 Å². The molecule has 0 spiro atoms. The van der Waals surface area contributed by atoms with E-state index in [-0.39, 0.29) is 17.9 Å². The van der Waals surface area contributed by atoms with E-state index in [1.165, 1.54) is 18.4 Å². The van der Waals surface area contributed by atoms with Gasteiger partial charge in [0.25, 0.3) is 0 Å². The molecule has 2 rings (SSSR count). The highest BCUT2D eigenvalue weighted by Crippen LogP contribution is 2.48. The zero-order chi connectivity index (χ0) is 18.4. The molecule has 0 aromatic heterocycles. The van der Waals surface area contributed by atoms with Crippen molar-refractivity contribution in [2.45, 2.75) is 32.1 Å². The van der Waals surface area contributed by atoms with E-state index in [2.05, 4.69) is 69.7 Å². The number of amides is 1. The van der Waals surface area contributed by atoms with Crippen LogP contribution in [-0.4, -0.2) is 50.5 Å². The monoisotopic (exact) mass is 408 g/mol. The summed E-state index contributed by atoms with van der Waals surface area (Å²) >= 11 is 3.56. The maximum Gasteiger partial charge on any atom is 0.243 e. The third-order valence-electron chi connectivity index (χ3n) is 4.43. The molecule has 138 valence electrons. The molecular formula is C19H29BrN4O. The van der Waals surface area contributed by atoms with Crippen LogP contribution in [0.25, 0.3) is 0 Å². The van der Waals surface area contributed by atoms with Crippen LogP contribution in [0.15, 0.2) is 33.7 Å². The summed E-state index contributed by atoms with van der Waals surface area (Å²) in [4.78, 5) is 17.8. The lowest BCUT2D eigenvalue weighted by Crippen LogP contribution is -2.43. The van der Waals surface area contributed by atoms with Gasteiger partial charge in [-0.3, -0.25) is 4.79 Å². The number of nitrogens with zero attached hydrogens (tertiary/aromatic N) is 2. The predicted molar refractivity (Wildman–Crippen MR) is 107 cm³/mol. The Bertz CT molecular complexity index is 624. The van der Waals surface area contributed by atoms with Gasteiger partial charge < -0.3 is 15.5 Å². The molecule has 1 amide bonds. The number of halogens is 1. The molecule has 1 aliphatic carbocycles. The number of rotatable bonds is 7. The summed E-state index contributed by atoms with van der Waals surface area (Å²) in [7, 11) is 3.50. The highest BCUT2D eigenvalue weighted by Gasteiger charge is 2.44. The number of carbonyl (C=O) groups excluding carboxylic acids is 1. The summed E-state index contributed by atoms with van der Waals surface area (Å²) < 4.78 is 1.11. The van der Waals surface area contributed by atoms with Crippen LogP contribution in [0.1, 0.15) is 32.3 Å². The van der Waals surface area contributed by atoms with Crippen molar-refractivity contribution in [1.29, 1.82) is 0 Å². The summed E-state index contributed by atoms with van der Waals surface area (Å²) in [6, 6.07) is 8.52. The van der Waals surface area contributed by atoms with Crippen molar-refractivity contribution in [2.75, 3.05) is 33.7 Å². The SMILES string of the molecule is CC(C)CNC(=NCC(=O)N(C)C)NCC1(c2cccc(Br)c2)CC1. The van der Waals surface area contributed by atoms with Crippen molar-refractivity contribution in [3.8, 4) is 0 Å². The van der Waals surface area contributed by atoms with E-state index in [1.807, 2.05) is 0 Å². The number of guanidine groups is 1. The van der Waals surface area contributed by atoms with Gasteiger partial charge in [-0.15, -0.1) is 0 Å². The van der Waals surface area contributed by atoms with Gasteiger partial charge in [0.2, 0.25) is 5.91 Å². The number of aliphatic imine (C=N–C) groups is 1. The molecule has 0 saturated heterocycles. The first-order chi connectivity index (χ1) is 11.8. The predicted octanol–water partition coefficient (Wildman–Crippen LogP) is 2.76. The minimum atomic E-state index is -0.00114. The first kappa shape index (κ1) is 19.8. The minimum Gasteiger partial charge on any atom is -0.356 e. The van der Waals surface area contributed by atoms with Gasteiger partial charge >= 0.3 is 0 Å². The molecule has 0 heterocycles. The van der Waals surface area contributed by atoms with E-state index in [0.29, 0.717) is 11.9 Å². The van der Waals surface area contributed by atoms with Gasteiger partial charge in [0.15, 0.2) is 5.96 Å². The van der Waals surface area contributed by atoms with Gasteiger partial charge in [-0.2, -0.15) is 0 Å². The standard InChI is InChI=1S/C19H29BrN4O/c1-14(2)11-21-18(22-12-17(25)24(3)4)23-13-19(8-9-19)15-6-5-7-16(20)10-15/h5-7,10,14H,8-9,11-13H2,1-4H3,(H2,21,22,23). The fraction of sp³-hybridized carbons (Fsp3) is 0.579. The number of likely N-dealkylation sites (N-methyl/N-ethyl adjacent to an activating group) is 1. The number of nitrogens with one attached hydrogen (secondary N) is 2. The molecule has 1 aliphatic rings. The smallest absolute Gasteiger partial charge is 0.243 e. The Morgan fingerprint density at radius 3 is 2.60 bits per heavy atom. The summed E-state index contributed by atoms with van der Waals surface area (Å²) in [6.45, 7) is 6.11. The highest BCUT2D eigenvalue weighted by molar-refractivity contribution is 9.10. The first-order valence-corrected chi connectivity index (χ1v) is 9.60. The summed E-state index contributed by atoms with van der Waals surface area (Å²) in [5.74, 6) is 1.22. The molecule has 1 aromatic carbocycles. The van der Waals surface area contributed by atoms with E-state index in [1.54, 1.807) is 19.0 Å². The lowest BCUT2D eigenvalue weighted by Gasteiger charge is -2.20. The van der Waals surface area contributed by atoms with Crippen LogP contribution >= 0.6 is 15.9 Å². The summed E-state index contributed by atoms with van der Waals surface area (Å²) in [6.07, 6.45) is 2.34. The Hall–Kier alpha value is -1.56. The van der Waals surface area contributed by atoms with Crippen LogP contribution in [0, 0.1) is 5.92 Å². The van der Waals surface area contributed by atoms with Gasteiger partial charge in [0.05, 0.1) is 0 Å². The lowest BCUT2D eigenvalue weighted by atomic mass is 9.96. The van der Waals surface area contributed by atoms with Crippen molar-refractivity contribution in [2.24, 2.45) is 10.9 Å². The number of hydrogen-bond donors (Lipinski definition) is 2. The Labute approximate surface area is 159 Å². The fourth-order valence-corrected chi connectivity index (χ4v) is 2.95. The molecule has 0 unspecified atom stereocenters. The van der Waals surface area contributed by atoms with E-state index >= 15 is 0 Å². The number of carbonyl (C=O) groups is 1. The molecule has 5 nitrogen and oxygen atoms in total. The van der Waals surface area contributed by atoms with Crippen molar-refractivity contribution in [3.05, 3.63) is 34.3 Å². The first-order valence-electron chi connectivity index (χ1n) is 8.81. The fourth-order valence-electron chi connectivity index (χ4n) is 2.55. The lowest BCUT2D eigenvalue weighted by molar-refractivity contribution is -0.127. The van der Waals surface area contributed by atoms with E-state index in [4.69, 9.17) is 0 Å². The average molecular weight is 409 g/mol. The molecular weight excluding hydrogens is 380 g/mol. The quantitative estimate of drug-likeness (QED) is 0.538. The van der Waals surface area contributed by atoms with Crippen LogP contribution in [0.5, 0.6) is 0 Å². The van der Waals surface area contributed by atoms with E-state index in [0.717, 1.165) is 17.6 Å². The molecule has 0 radical (unpaired) electrons. The summed E-state index contributed by atoms with van der Waals surface area (Å²) in [5.41, 5.74) is 1.53. The highest BCUT2D eigenvalue weighted by atomic mass is 79.9. The van der Waals surface area contributed by atoms with Crippen LogP contribution in [0.3, 0.4) is 0 Å². The van der Waals surface area contributed by atoms with Crippen molar-refractivity contribution < 1.29 is 4.79 Å². The second-order valence-electron chi connectivity index (χ2n) is 7.37. The molecule has 0 bridgehead atoms. The van der Waals surface area contributed by atoms with Crippen LogP contribution < -0.4 is 10.6 Å². The Morgan fingerprint density at radius 1 is 1.32 bits per heavy atom. The molecule has 6 heteroatoms. The van der Waals surface area contributed by atoms with Gasteiger partial charge in [-0.05, 0) is 36.5 Å². The molecule has 1 saturated carbocycles. The van der Waals surface area contributed by atoms with Crippen molar-refractivity contribution in [3.63, 3.8) is 0 Å². The molecule has 1 fully saturated rings. The Morgan fingerprint density at radius 2 is 2.04 bits per heavy atom. The van der Waals surface area contributed by atoms with Crippen LogP contribution in [0.4, 0.5) is 0 Å². The maximum absolute atomic E-state index is 11.8. The van der Waals surface area contributed by atoms with Crippen LogP contribution in [0.2, 0.25) is 0 Å². The third kappa shape index (κ3) is 6.03. The van der Waals surface area contributed by atoms with Gasteiger partial charge in [-0.25, -0.2) is 4.99 Å². The second-order valence-corrected chi connectivity index (χ2v) is 8.29. The largest absolute Gasteiger partial charge is 0.356 e. The number of hydrogen-bond acceptors (Lipinski definition) is 2. The zero-order valence-electron chi connectivity index (χ0n) is 15.6. The maximum atomic E-state index is 11.8. The van der Waals surface area contributed by atoms with Gasteiger partial charge in [0, 0.05) is 37.1 Å². The van der Waals surface area contributed by atoms with E-state index in [9.17, 15) is 4.79 Å². The summed E-state index contributed by atoms with van der Waals surface area (Å²) in [5, 5.41) is 6.78. The number of benzene rings is 1. The van der Waals surface area contributed by atoms with E-state index < -0.39 is 0 Å². The minimum absolute atomic E-state index is 0.00114. The topological polar surface area (TPSA) is 56.7 Å². The molecule has 2 N–H and O–H groups in total. The van der Waals surface area contributed by atoms with Crippen molar-refractivity contribution >= 4 is 27.8 Å². The average Bonchev–Trinajstić information content (AvgIpc) is 3.34. The molecule has 0 atom stereocenters. The van der Waals surface area contributed by atoms with Crippen molar-refractivity contribution in [1.82, 2.24) is 15.5 Å². The molecule has 1 aromatic rings. The Balaban J connectivity index is 2.01. The Kier molecular flexibility index (Phi) is 6.87. The third-order valence-corrected chi connectivity index (χ3v) is 4.93. The molecule has 0 aliphatic heterocycles. The molecule has 25 heavy (non-hydrogen) atoms. The normalized spacial score (nSPS) is 15.8. The van der Waals surface area contributed by atoms with Gasteiger partial charge in [0.1, 0.15) is 6.54 Å². The second kappa shape index (κ2) is 8.70. The zero-order valence-corrected chi connectivity index (χ0v) is 17.2.